The summed E-state index contributed by atoms with van der Waals surface area (Å²) in [5, 5.41) is 3.38. The van der Waals surface area contributed by atoms with Crippen LogP contribution in [0, 0.1) is 0 Å². The first-order chi connectivity index (χ1) is 9.99. The molecule has 7 heteroatoms. The van der Waals surface area contributed by atoms with Crippen LogP contribution in [0.4, 0.5) is 0 Å². The van der Waals surface area contributed by atoms with Crippen molar-refractivity contribution in [3.63, 3.8) is 0 Å². The molecule has 2 heterocycles. The predicted molar refractivity (Wildman–Crippen MR) is 89.9 cm³/mol. The first-order valence-electron chi connectivity index (χ1n) is 8.09. The van der Waals surface area contributed by atoms with Gasteiger partial charge in [0.2, 0.25) is 0 Å². The van der Waals surface area contributed by atoms with Gasteiger partial charge in [0.1, 0.15) is 0 Å². The van der Waals surface area contributed by atoms with E-state index < -0.39 is 10.2 Å². The summed E-state index contributed by atoms with van der Waals surface area (Å²) in [6.07, 6.45) is 5.12. The number of nitrogens with one attached hydrogen (secondary N) is 2. The molecule has 0 aliphatic carbocycles. The van der Waals surface area contributed by atoms with Gasteiger partial charge < -0.3 is 5.32 Å². The molecule has 2 rings (SSSR count). The Labute approximate surface area is 133 Å². The van der Waals surface area contributed by atoms with Crippen molar-refractivity contribution >= 4 is 22.0 Å². The number of piperidine rings is 1. The molecular formula is C14H29N3O2S2. The molecule has 0 amide bonds. The zero-order valence-corrected chi connectivity index (χ0v) is 14.8. The molecule has 0 saturated carbocycles. The van der Waals surface area contributed by atoms with E-state index in [9.17, 15) is 8.42 Å². The van der Waals surface area contributed by atoms with Crippen molar-refractivity contribution < 1.29 is 8.42 Å². The van der Waals surface area contributed by atoms with Gasteiger partial charge in [-0.15, -0.1) is 0 Å². The summed E-state index contributed by atoms with van der Waals surface area (Å²) in [6.45, 7) is 5.59. The summed E-state index contributed by atoms with van der Waals surface area (Å²) < 4.78 is 30.0. The molecule has 0 aromatic carbocycles. The summed E-state index contributed by atoms with van der Waals surface area (Å²) >= 11 is 1.85. The first kappa shape index (κ1) is 17.5. The Balaban J connectivity index is 1.97. The van der Waals surface area contributed by atoms with Crippen LogP contribution < -0.4 is 10.0 Å². The highest BCUT2D eigenvalue weighted by Crippen LogP contribution is 2.22. The molecule has 2 aliphatic heterocycles. The Bertz CT molecular complexity index is 408. The largest absolute Gasteiger partial charge is 0.313 e. The second-order valence-electron chi connectivity index (χ2n) is 6.36. The average molecular weight is 336 g/mol. The molecule has 2 saturated heterocycles. The SMILES string of the molecule is CC(C)NCC1CCCCN1S(=O)(=O)NC1CCCSC1. The number of nitrogens with zero attached hydrogens (tertiary/aromatic N) is 1. The lowest BCUT2D eigenvalue weighted by atomic mass is 10.0. The third-order valence-corrected chi connectivity index (χ3v) is 7.06. The minimum absolute atomic E-state index is 0.0925. The summed E-state index contributed by atoms with van der Waals surface area (Å²) in [4.78, 5) is 0. The fraction of sp³-hybridized carbons (Fsp3) is 1.00. The summed E-state index contributed by atoms with van der Waals surface area (Å²) in [7, 11) is -3.35. The monoisotopic (exact) mass is 335 g/mol. The maximum Gasteiger partial charge on any atom is 0.280 e. The first-order valence-corrected chi connectivity index (χ1v) is 10.7. The number of rotatable bonds is 6. The maximum atomic E-state index is 12.7. The second kappa shape index (κ2) is 8.15. The van der Waals surface area contributed by atoms with E-state index in [0.717, 1.165) is 50.2 Å². The molecule has 21 heavy (non-hydrogen) atoms. The van der Waals surface area contributed by atoms with E-state index in [0.29, 0.717) is 12.6 Å². The molecule has 0 spiro atoms. The van der Waals surface area contributed by atoms with E-state index in [1.807, 2.05) is 11.8 Å². The molecule has 2 atom stereocenters. The highest BCUT2D eigenvalue weighted by atomic mass is 32.2. The van der Waals surface area contributed by atoms with E-state index in [2.05, 4.69) is 23.9 Å². The maximum absolute atomic E-state index is 12.7. The van der Waals surface area contributed by atoms with Crippen LogP contribution in [-0.4, -0.2) is 55.4 Å². The molecule has 0 bridgehead atoms. The molecule has 2 aliphatic rings. The minimum Gasteiger partial charge on any atom is -0.313 e. The summed E-state index contributed by atoms with van der Waals surface area (Å²) in [5.41, 5.74) is 0. The van der Waals surface area contributed by atoms with Crippen LogP contribution in [0.15, 0.2) is 0 Å². The van der Waals surface area contributed by atoms with Crippen LogP contribution in [0.2, 0.25) is 0 Å². The van der Waals surface area contributed by atoms with Crippen LogP contribution >= 0.6 is 11.8 Å². The number of hydrogen-bond acceptors (Lipinski definition) is 4. The van der Waals surface area contributed by atoms with Gasteiger partial charge in [0.15, 0.2) is 0 Å². The van der Waals surface area contributed by atoms with Gasteiger partial charge in [0.05, 0.1) is 0 Å². The van der Waals surface area contributed by atoms with Crippen LogP contribution in [0.3, 0.4) is 0 Å². The van der Waals surface area contributed by atoms with Crippen molar-refractivity contribution in [3.8, 4) is 0 Å². The van der Waals surface area contributed by atoms with Crippen LogP contribution in [0.25, 0.3) is 0 Å². The molecule has 2 unspecified atom stereocenters. The topological polar surface area (TPSA) is 61.4 Å². The molecule has 2 fully saturated rings. The highest BCUT2D eigenvalue weighted by molar-refractivity contribution is 7.99. The smallest absolute Gasteiger partial charge is 0.280 e. The third kappa shape index (κ3) is 5.39. The Morgan fingerprint density at radius 3 is 2.71 bits per heavy atom. The molecule has 0 radical (unpaired) electrons. The third-order valence-electron chi connectivity index (χ3n) is 4.12. The van der Waals surface area contributed by atoms with E-state index in [1.54, 1.807) is 4.31 Å². The normalized spacial score (nSPS) is 28.9. The van der Waals surface area contributed by atoms with Crippen molar-refractivity contribution in [3.05, 3.63) is 0 Å². The summed E-state index contributed by atoms with van der Waals surface area (Å²) in [6, 6.07) is 0.587. The lowest BCUT2D eigenvalue weighted by Gasteiger charge is -2.36. The average Bonchev–Trinajstić information content (AvgIpc) is 2.46. The fourth-order valence-electron chi connectivity index (χ4n) is 2.98. The van der Waals surface area contributed by atoms with Crippen molar-refractivity contribution in [2.45, 2.75) is 64.1 Å². The van der Waals surface area contributed by atoms with E-state index in [-0.39, 0.29) is 12.1 Å². The Kier molecular flexibility index (Phi) is 6.80. The Morgan fingerprint density at radius 1 is 1.24 bits per heavy atom. The van der Waals surface area contributed by atoms with Gasteiger partial charge in [-0.2, -0.15) is 29.2 Å². The van der Waals surface area contributed by atoms with Gasteiger partial charge >= 0.3 is 0 Å². The number of hydrogen-bond donors (Lipinski definition) is 2. The fourth-order valence-corrected chi connectivity index (χ4v) is 5.86. The van der Waals surface area contributed by atoms with E-state index >= 15 is 0 Å². The van der Waals surface area contributed by atoms with Crippen molar-refractivity contribution in [2.24, 2.45) is 0 Å². The molecule has 0 aromatic heterocycles. The van der Waals surface area contributed by atoms with Crippen molar-refractivity contribution in [2.75, 3.05) is 24.6 Å². The lowest BCUT2D eigenvalue weighted by Crippen LogP contribution is -2.55. The molecule has 124 valence electrons. The molecule has 5 nitrogen and oxygen atoms in total. The minimum atomic E-state index is -3.35. The quantitative estimate of drug-likeness (QED) is 0.773. The Hall–Kier alpha value is 0.180. The summed E-state index contributed by atoms with van der Waals surface area (Å²) in [5.74, 6) is 2.06. The van der Waals surface area contributed by atoms with Gasteiger partial charge in [-0.3, -0.25) is 0 Å². The lowest BCUT2D eigenvalue weighted by molar-refractivity contribution is 0.238. The van der Waals surface area contributed by atoms with Gasteiger partial charge in [-0.05, 0) is 31.4 Å². The zero-order valence-electron chi connectivity index (χ0n) is 13.2. The zero-order chi connectivity index (χ0) is 15.3. The highest BCUT2D eigenvalue weighted by Gasteiger charge is 2.33. The predicted octanol–water partition coefficient (Wildman–Crippen LogP) is 1.57. The van der Waals surface area contributed by atoms with Gasteiger partial charge in [-0.1, -0.05) is 20.3 Å². The van der Waals surface area contributed by atoms with E-state index in [4.69, 9.17) is 0 Å². The molecular weight excluding hydrogens is 306 g/mol. The van der Waals surface area contributed by atoms with Crippen molar-refractivity contribution in [1.29, 1.82) is 0 Å². The van der Waals surface area contributed by atoms with Gasteiger partial charge in [0, 0.05) is 37.0 Å². The number of thioether (sulfide) groups is 1. The van der Waals surface area contributed by atoms with Crippen LogP contribution in [-0.2, 0) is 10.2 Å². The molecule has 0 aromatic rings. The second-order valence-corrected chi connectivity index (χ2v) is 9.16. The Morgan fingerprint density at radius 2 is 2.05 bits per heavy atom. The van der Waals surface area contributed by atoms with Crippen LogP contribution in [0.5, 0.6) is 0 Å². The van der Waals surface area contributed by atoms with Gasteiger partial charge in [-0.25, -0.2) is 0 Å². The van der Waals surface area contributed by atoms with Crippen molar-refractivity contribution in [1.82, 2.24) is 14.3 Å². The molecule has 2 N–H and O–H groups in total. The van der Waals surface area contributed by atoms with Gasteiger partial charge in [0.25, 0.3) is 10.2 Å². The van der Waals surface area contributed by atoms with Crippen LogP contribution in [0.1, 0.15) is 46.0 Å². The van der Waals surface area contributed by atoms with E-state index in [1.165, 1.54) is 0 Å². The standard InChI is InChI=1S/C14H29N3O2S2/c1-12(2)15-10-14-7-3-4-8-17(14)21(18,19)16-13-6-5-9-20-11-13/h12-16H,3-11H2,1-2H3.